The minimum absolute atomic E-state index is 0.0310. The van der Waals surface area contributed by atoms with Crippen molar-refractivity contribution in [3.63, 3.8) is 0 Å². The molecule has 3 heterocycles. The van der Waals surface area contributed by atoms with E-state index in [2.05, 4.69) is 15.1 Å². The first kappa shape index (κ1) is 13.5. The summed E-state index contributed by atoms with van der Waals surface area (Å²) in [6.07, 6.45) is 3.71. The monoisotopic (exact) mass is 288 g/mol. The maximum Gasteiger partial charge on any atom is 0.255 e. The van der Waals surface area contributed by atoms with Crippen LogP contribution in [0.25, 0.3) is 0 Å². The van der Waals surface area contributed by atoms with Crippen molar-refractivity contribution in [3.8, 4) is 5.88 Å². The highest BCUT2D eigenvalue weighted by atomic mass is 16.5. The second-order valence-corrected chi connectivity index (χ2v) is 4.84. The molecule has 0 spiro atoms. The molecule has 1 saturated heterocycles. The highest BCUT2D eigenvalue weighted by molar-refractivity contribution is 5.94. The van der Waals surface area contributed by atoms with Crippen LogP contribution in [0.3, 0.4) is 0 Å². The van der Waals surface area contributed by atoms with Crippen LogP contribution in [0.5, 0.6) is 5.88 Å². The van der Waals surface area contributed by atoms with Crippen molar-refractivity contribution in [3.05, 3.63) is 36.1 Å². The molecule has 1 atom stereocenters. The van der Waals surface area contributed by atoms with Crippen LogP contribution in [0.4, 0.5) is 0 Å². The number of carbonyl (C=O) groups excluding carboxylic acids is 1. The number of aromatic nitrogens is 3. The van der Waals surface area contributed by atoms with Gasteiger partial charge in [-0.15, -0.1) is 0 Å². The van der Waals surface area contributed by atoms with Gasteiger partial charge in [-0.25, -0.2) is 4.98 Å². The number of likely N-dealkylation sites (tertiary alicyclic amines) is 1. The van der Waals surface area contributed by atoms with E-state index in [9.17, 15) is 4.79 Å². The SMILES string of the molecule is CCOc1ccc(C(=O)N2CCC(c3ncon3)C2)cn1. The first-order chi connectivity index (χ1) is 10.3. The lowest BCUT2D eigenvalue weighted by molar-refractivity contribution is 0.0790. The summed E-state index contributed by atoms with van der Waals surface area (Å²) < 4.78 is 10.0. The summed E-state index contributed by atoms with van der Waals surface area (Å²) >= 11 is 0. The van der Waals surface area contributed by atoms with E-state index in [4.69, 9.17) is 9.26 Å². The molecule has 1 amide bonds. The van der Waals surface area contributed by atoms with Crippen molar-refractivity contribution in [1.29, 1.82) is 0 Å². The highest BCUT2D eigenvalue weighted by Gasteiger charge is 2.30. The fourth-order valence-corrected chi connectivity index (χ4v) is 2.44. The van der Waals surface area contributed by atoms with E-state index in [1.165, 1.54) is 6.39 Å². The van der Waals surface area contributed by atoms with E-state index in [-0.39, 0.29) is 11.8 Å². The number of amides is 1. The minimum Gasteiger partial charge on any atom is -0.478 e. The molecule has 1 aliphatic rings. The molecule has 0 aromatic carbocycles. The molecule has 0 N–H and O–H groups in total. The Hall–Kier alpha value is -2.44. The van der Waals surface area contributed by atoms with E-state index in [0.29, 0.717) is 37.0 Å². The second kappa shape index (κ2) is 5.90. The van der Waals surface area contributed by atoms with Gasteiger partial charge in [-0.05, 0) is 19.4 Å². The van der Waals surface area contributed by atoms with Gasteiger partial charge in [0.15, 0.2) is 5.82 Å². The Bertz CT molecular complexity index is 597. The summed E-state index contributed by atoms with van der Waals surface area (Å²) in [6.45, 7) is 3.73. The maximum absolute atomic E-state index is 12.4. The van der Waals surface area contributed by atoms with Gasteiger partial charge in [-0.3, -0.25) is 4.79 Å². The van der Waals surface area contributed by atoms with Crippen LogP contribution in [0.1, 0.15) is 35.4 Å². The van der Waals surface area contributed by atoms with Gasteiger partial charge in [0, 0.05) is 31.3 Å². The summed E-state index contributed by atoms with van der Waals surface area (Å²) in [5, 5.41) is 3.84. The first-order valence-corrected chi connectivity index (χ1v) is 6.92. The third kappa shape index (κ3) is 2.86. The summed E-state index contributed by atoms with van der Waals surface area (Å²) in [7, 11) is 0. The van der Waals surface area contributed by atoms with E-state index >= 15 is 0 Å². The van der Waals surface area contributed by atoms with Gasteiger partial charge in [-0.2, -0.15) is 4.98 Å². The number of carbonyl (C=O) groups is 1. The second-order valence-electron chi connectivity index (χ2n) is 4.84. The van der Waals surface area contributed by atoms with Gasteiger partial charge in [0.25, 0.3) is 5.91 Å². The molecular weight excluding hydrogens is 272 g/mol. The molecule has 7 heteroatoms. The quantitative estimate of drug-likeness (QED) is 0.848. The largest absolute Gasteiger partial charge is 0.478 e. The highest BCUT2D eigenvalue weighted by Crippen LogP contribution is 2.25. The fourth-order valence-electron chi connectivity index (χ4n) is 2.44. The van der Waals surface area contributed by atoms with Crippen molar-refractivity contribution in [2.45, 2.75) is 19.3 Å². The van der Waals surface area contributed by atoms with Crippen LogP contribution >= 0.6 is 0 Å². The molecule has 2 aromatic rings. The molecule has 1 unspecified atom stereocenters. The summed E-state index contributed by atoms with van der Waals surface area (Å²) in [4.78, 5) is 22.4. The number of rotatable bonds is 4. The van der Waals surface area contributed by atoms with Crippen LogP contribution in [-0.2, 0) is 0 Å². The molecule has 0 bridgehead atoms. The van der Waals surface area contributed by atoms with Crippen molar-refractivity contribution in [1.82, 2.24) is 20.0 Å². The normalized spacial score (nSPS) is 18.0. The molecule has 7 nitrogen and oxygen atoms in total. The standard InChI is InChI=1S/C14H16N4O3/c1-2-20-12-4-3-10(7-15-12)14(19)18-6-5-11(8-18)13-16-9-21-17-13/h3-4,7,9,11H,2,5-6,8H2,1H3. The number of ether oxygens (including phenoxy) is 1. The maximum atomic E-state index is 12.4. The van der Waals surface area contributed by atoms with Crippen molar-refractivity contribution in [2.24, 2.45) is 0 Å². The Morgan fingerprint density at radius 3 is 3.05 bits per heavy atom. The first-order valence-electron chi connectivity index (χ1n) is 6.92. The molecule has 21 heavy (non-hydrogen) atoms. The lowest BCUT2D eigenvalue weighted by Crippen LogP contribution is -2.28. The van der Waals surface area contributed by atoms with Gasteiger partial charge in [-0.1, -0.05) is 5.16 Å². The Balaban J connectivity index is 1.66. The smallest absolute Gasteiger partial charge is 0.255 e. The number of pyridine rings is 1. The van der Waals surface area contributed by atoms with Gasteiger partial charge in [0.2, 0.25) is 12.3 Å². The third-order valence-electron chi connectivity index (χ3n) is 3.49. The average Bonchev–Trinajstić information content (AvgIpc) is 3.19. The average molecular weight is 288 g/mol. The van der Waals surface area contributed by atoms with Crippen molar-refractivity contribution < 1.29 is 14.1 Å². The topological polar surface area (TPSA) is 81.4 Å². The predicted molar refractivity (Wildman–Crippen MR) is 73.0 cm³/mol. The molecule has 3 rings (SSSR count). The van der Waals surface area contributed by atoms with Gasteiger partial charge in [0.05, 0.1) is 12.2 Å². The van der Waals surface area contributed by atoms with Gasteiger partial charge < -0.3 is 14.2 Å². The zero-order valence-corrected chi connectivity index (χ0v) is 11.7. The van der Waals surface area contributed by atoms with Gasteiger partial charge in [0.1, 0.15) is 0 Å². The van der Waals surface area contributed by atoms with Crippen molar-refractivity contribution >= 4 is 5.91 Å². The zero-order chi connectivity index (χ0) is 14.7. The molecule has 0 saturated carbocycles. The molecule has 1 aliphatic heterocycles. The van der Waals surface area contributed by atoms with Crippen LogP contribution < -0.4 is 4.74 Å². The Morgan fingerprint density at radius 1 is 1.48 bits per heavy atom. The summed E-state index contributed by atoms with van der Waals surface area (Å²) in [5.41, 5.74) is 0.562. The van der Waals surface area contributed by atoms with E-state index in [1.807, 2.05) is 6.92 Å². The molecular formula is C14H16N4O3. The summed E-state index contributed by atoms with van der Waals surface area (Å²) in [6, 6.07) is 3.45. The summed E-state index contributed by atoms with van der Waals surface area (Å²) in [5.74, 6) is 1.30. The third-order valence-corrected chi connectivity index (χ3v) is 3.49. The van der Waals surface area contributed by atoms with Crippen LogP contribution in [0.15, 0.2) is 29.2 Å². The van der Waals surface area contributed by atoms with Crippen LogP contribution in [0.2, 0.25) is 0 Å². The predicted octanol–water partition coefficient (Wildman–Crippen LogP) is 1.49. The molecule has 2 aromatic heterocycles. The van der Waals surface area contributed by atoms with Crippen LogP contribution in [0, 0.1) is 0 Å². The zero-order valence-electron chi connectivity index (χ0n) is 11.7. The number of nitrogens with zero attached hydrogens (tertiary/aromatic N) is 4. The Labute approximate surface area is 121 Å². The lowest BCUT2D eigenvalue weighted by atomic mass is 10.1. The fraction of sp³-hybridized carbons (Fsp3) is 0.429. The van der Waals surface area contributed by atoms with E-state index in [0.717, 1.165) is 6.42 Å². The van der Waals surface area contributed by atoms with Crippen molar-refractivity contribution in [2.75, 3.05) is 19.7 Å². The number of hydrogen-bond donors (Lipinski definition) is 0. The molecule has 1 fully saturated rings. The molecule has 0 aliphatic carbocycles. The minimum atomic E-state index is -0.0310. The number of hydrogen-bond acceptors (Lipinski definition) is 6. The lowest BCUT2D eigenvalue weighted by Gasteiger charge is -2.15. The Kier molecular flexibility index (Phi) is 3.81. The van der Waals surface area contributed by atoms with Gasteiger partial charge >= 0.3 is 0 Å². The molecule has 0 radical (unpaired) electrons. The molecule has 110 valence electrons. The van der Waals surface area contributed by atoms with E-state index in [1.54, 1.807) is 23.2 Å². The van der Waals surface area contributed by atoms with E-state index < -0.39 is 0 Å². The van der Waals surface area contributed by atoms with Crippen LogP contribution in [-0.4, -0.2) is 45.6 Å². The Morgan fingerprint density at radius 2 is 2.38 bits per heavy atom.